The van der Waals surface area contributed by atoms with Crippen LogP contribution < -0.4 is 10.6 Å². The SMILES string of the molecule is CNC(=O)c1cccc(-c2cc(C3(CNCCCOC)CC3)ccn2)c1. The number of rotatable bonds is 9. The summed E-state index contributed by atoms with van der Waals surface area (Å²) < 4.78 is 5.10. The van der Waals surface area contributed by atoms with E-state index in [-0.39, 0.29) is 11.3 Å². The molecule has 0 atom stereocenters. The van der Waals surface area contributed by atoms with E-state index in [2.05, 4.69) is 27.8 Å². The third-order valence-corrected chi connectivity index (χ3v) is 5.04. The molecule has 0 bridgehead atoms. The van der Waals surface area contributed by atoms with Crippen molar-refractivity contribution in [2.75, 3.05) is 33.9 Å². The molecule has 0 unspecified atom stereocenters. The third-order valence-electron chi connectivity index (χ3n) is 5.04. The van der Waals surface area contributed by atoms with E-state index in [9.17, 15) is 4.79 Å². The molecule has 0 radical (unpaired) electrons. The van der Waals surface area contributed by atoms with Crippen molar-refractivity contribution in [1.29, 1.82) is 0 Å². The van der Waals surface area contributed by atoms with Gasteiger partial charge in [-0.15, -0.1) is 0 Å². The van der Waals surface area contributed by atoms with Crippen LogP contribution in [0.1, 0.15) is 35.2 Å². The summed E-state index contributed by atoms with van der Waals surface area (Å²) >= 11 is 0. The Balaban J connectivity index is 1.73. The first kappa shape index (κ1) is 18.5. The number of methoxy groups -OCH3 is 1. The van der Waals surface area contributed by atoms with Gasteiger partial charge in [-0.1, -0.05) is 12.1 Å². The van der Waals surface area contributed by atoms with Gasteiger partial charge < -0.3 is 15.4 Å². The molecular formula is C21H27N3O2. The average Bonchev–Trinajstić information content (AvgIpc) is 3.48. The highest BCUT2D eigenvalue weighted by Crippen LogP contribution is 2.48. The number of amides is 1. The summed E-state index contributed by atoms with van der Waals surface area (Å²) in [6.45, 7) is 2.75. The van der Waals surface area contributed by atoms with Crippen LogP contribution in [0.3, 0.4) is 0 Å². The Labute approximate surface area is 155 Å². The predicted molar refractivity (Wildman–Crippen MR) is 103 cm³/mol. The van der Waals surface area contributed by atoms with Crippen molar-refractivity contribution in [3.05, 3.63) is 53.7 Å². The molecule has 1 aliphatic carbocycles. The van der Waals surface area contributed by atoms with E-state index in [0.29, 0.717) is 5.56 Å². The smallest absolute Gasteiger partial charge is 0.251 e. The van der Waals surface area contributed by atoms with Crippen LogP contribution in [0.25, 0.3) is 11.3 Å². The maximum atomic E-state index is 11.9. The van der Waals surface area contributed by atoms with Gasteiger partial charge >= 0.3 is 0 Å². The number of hydrogen-bond donors (Lipinski definition) is 2. The maximum Gasteiger partial charge on any atom is 0.251 e. The predicted octanol–water partition coefficient (Wildman–Crippen LogP) is 2.77. The normalized spacial score (nSPS) is 14.8. The molecule has 1 aromatic carbocycles. The summed E-state index contributed by atoms with van der Waals surface area (Å²) in [5.74, 6) is -0.0815. The Hall–Kier alpha value is -2.24. The Morgan fingerprint density at radius 2 is 2.12 bits per heavy atom. The molecule has 26 heavy (non-hydrogen) atoms. The van der Waals surface area contributed by atoms with Gasteiger partial charge in [-0.2, -0.15) is 0 Å². The number of nitrogens with zero attached hydrogens (tertiary/aromatic N) is 1. The molecule has 1 saturated carbocycles. The number of ether oxygens (including phenoxy) is 1. The van der Waals surface area contributed by atoms with E-state index in [1.165, 1.54) is 18.4 Å². The van der Waals surface area contributed by atoms with Crippen molar-refractivity contribution in [3.63, 3.8) is 0 Å². The van der Waals surface area contributed by atoms with Gasteiger partial charge in [0.05, 0.1) is 5.69 Å². The van der Waals surface area contributed by atoms with Gasteiger partial charge in [0.2, 0.25) is 0 Å². The molecule has 0 aliphatic heterocycles. The minimum Gasteiger partial charge on any atom is -0.385 e. The number of carbonyl (C=O) groups is 1. The molecule has 138 valence electrons. The van der Waals surface area contributed by atoms with Gasteiger partial charge in [-0.3, -0.25) is 9.78 Å². The lowest BCUT2D eigenvalue weighted by Crippen LogP contribution is -2.28. The van der Waals surface area contributed by atoms with Crippen LogP contribution in [0.2, 0.25) is 0 Å². The van der Waals surface area contributed by atoms with Gasteiger partial charge in [0.15, 0.2) is 0 Å². The van der Waals surface area contributed by atoms with Crippen LogP contribution in [-0.2, 0) is 10.2 Å². The van der Waals surface area contributed by atoms with Crippen LogP contribution in [0.5, 0.6) is 0 Å². The summed E-state index contributed by atoms with van der Waals surface area (Å²) in [4.78, 5) is 16.4. The van der Waals surface area contributed by atoms with Crippen LogP contribution in [0, 0.1) is 0 Å². The van der Waals surface area contributed by atoms with Crippen LogP contribution in [0.4, 0.5) is 0 Å². The molecule has 0 saturated heterocycles. The molecule has 1 heterocycles. The molecule has 1 fully saturated rings. The van der Waals surface area contributed by atoms with Gasteiger partial charge in [-0.05, 0) is 55.6 Å². The molecule has 2 aromatic rings. The highest BCUT2D eigenvalue weighted by molar-refractivity contribution is 5.95. The number of nitrogens with one attached hydrogen (secondary N) is 2. The summed E-state index contributed by atoms with van der Waals surface area (Å²) in [5, 5.41) is 6.23. The molecule has 5 heteroatoms. The fourth-order valence-electron chi connectivity index (χ4n) is 3.27. The summed E-state index contributed by atoms with van der Waals surface area (Å²) in [6, 6.07) is 11.9. The molecule has 1 aliphatic rings. The minimum absolute atomic E-state index is 0.0815. The zero-order valence-corrected chi connectivity index (χ0v) is 15.5. The van der Waals surface area contributed by atoms with E-state index in [1.54, 1.807) is 14.2 Å². The number of pyridine rings is 1. The Morgan fingerprint density at radius 1 is 1.27 bits per heavy atom. The van der Waals surface area contributed by atoms with Crippen molar-refractivity contribution in [2.24, 2.45) is 0 Å². The second-order valence-electron chi connectivity index (χ2n) is 6.89. The van der Waals surface area contributed by atoms with E-state index in [0.717, 1.165) is 37.4 Å². The van der Waals surface area contributed by atoms with Gasteiger partial charge in [0, 0.05) is 50.0 Å². The third kappa shape index (κ3) is 4.29. The molecule has 1 aromatic heterocycles. The highest BCUT2D eigenvalue weighted by atomic mass is 16.5. The molecule has 1 amide bonds. The van der Waals surface area contributed by atoms with Gasteiger partial charge in [0.25, 0.3) is 5.91 Å². The Morgan fingerprint density at radius 3 is 2.85 bits per heavy atom. The first-order chi connectivity index (χ1) is 12.7. The summed E-state index contributed by atoms with van der Waals surface area (Å²) in [7, 11) is 3.38. The van der Waals surface area contributed by atoms with Crippen LogP contribution >= 0.6 is 0 Å². The topological polar surface area (TPSA) is 63.2 Å². The molecule has 0 spiro atoms. The van der Waals surface area contributed by atoms with Crippen molar-refractivity contribution >= 4 is 5.91 Å². The second kappa shape index (κ2) is 8.43. The van der Waals surface area contributed by atoms with Crippen molar-refractivity contribution in [2.45, 2.75) is 24.7 Å². The van der Waals surface area contributed by atoms with Crippen molar-refractivity contribution in [1.82, 2.24) is 15.6 Å². The maximum absolute atomic E-state index is 11.9. The quantitative estimate of drug-likeness (QED) is 0.681. The standard InChI is InChI=1S/C21H27N3O2/c1-22-20(25)17-6-3-5-16(13-17)19-14-18(7-11-24-19)21(8-9-21)15-23-10-4-12-26-2/h3,5-7,11,13-14,23H,4,8-10,12,15H2,1-2H3,(H,22,25). The lowest BCUT2D eigenvalue weighted by molar-refractivity contribution is 0.0963. The Bertz CT molecular complexity index is 756. The number of hydrogen-bond acceptors (Lipinski definition) is 4. The van der Waals surface area contributed by atoms with E-state index in [4.69, 9.17) is 4.74 Å². The minimum atomic E-state index is -0.0815. The lowest BCUT2D eigenvalue weighted by Gasteiger charge is -2.17. The van der Waals surface area contributed by atoms with Crippen molar-refractivity contribution in [3.8, 4) is 11.3 Å². The fraction of sp³-hybridized carbons (Fsp3) is 0.429. The van der Waals surface area contributed by atoms with E-state index < -0.39 is 0 Å². The summed E-state index contributed by atoms with van der Waals surface area (Å²) in [6.07, 6.45) is 5.31. The first-order valence-electron chi connectivity index (χ1n) is 9.17. The van der Waals surface area contributed by atoms with Crippen molar-refractivity contribution < 1.29 is 9.53 Å². The zero-order chi connectivity index (χ0) is 18.4. The number of benzene rings is 1. The van der Waals surface area contributed by atoms with Gasteiger partial charge in [-0.25, -0.2) is 0 Å². The molecule has 5 nitrogen and oxygen atoms in total. The monoisotopic (exact) mass is 353 g/mol. The first-order valence-corrected chi connectivity index (χ1v) is 9.17. The van der Waals surface area contributed by atoms with E-state index >= 15 is 0 Å². The molecule has 3 rings (SSSR count). The molecular weight excluding hydrogens is 326 g/mol. The lowest BCUT2D eigenvalue weighted by atomic mass is 9.94. The van der Waals surface area contributed by atoms with E-state index in [1.807, 2.05) is 30.5 Å². The Kier molecular flexibility index (Phi) is 6.01. The molecule has 2 N–H and O–H groups in total. The van der Waals surface area contributed by atoms with Crippen LogP contribution in [0.15, 0.2) is 42.6 Å². The highest BCUT2D eigenvalue weighted by Gasteiger charge is 2.43. The van der Waals surface area contributed by atoms with Gasteiger partial charge in [0.1, 0.15) is 0 Å². The zero-order valence-electron chi connectivity index (χ0n) is 15.5. The number of carbonyl (C=O) groups excluding carboxylic acids is 1. The second-order valence-corrected chi connectivity index (χ2v) is 6.89. The van der Waals surface area contributed by atoms with Crippen LogP contribution in [-0.4, -0.2) is 44.7 Å². The largest absolute Gasteiger partial charge is 0.385 e. The fourth-order valence-corrected chi connectivity index (χ4v) is 3.27. The average molecular weight is 353 g/mol. The number of aromatic nitrogens is 1. The summed E-state index contributed by atoms with van der Waals surface area (Å²) in [5.41, 5.74) is 4.09.